The Kier molecular flexibility index (Phi) is 5.63. The highest BCUT2D eigenvalue weighted by Crippen LogP contribution is 2.46. The summed E-state index contributed by atoms with van der Waals surface area (Å²) in [5.41, 5.74) is 2.88. The largest absolute Gasteiger partial charge is 0.493 e. The van der Waals surface area contributed by atoms with Gasteiger partial charge in [0.15, 0.2) is 11.5 Å². The molecule has 1 N–H and O–H groups in total. The van der Waals surface area contributed by atoms with Gasteiger partial charge in [0, 0.05) is 35.4 Å². The summed E-state index contributed by atoms with van der Waals surface area (Å²) in [6.45, 7) is 0.486. The van der Waals surface area contributed by atoms with Gasteiger partial charge in [0.05, 0.1) is 25.4 Å². The van der Waals surface area contributed by atoms with Gasteiger partial charge in [-0.15, -0.1) is 0 Å². The Morgan fingerprint density at radius 2 is 1.82 bits per heavy atom. The van der Waals surface area contributed by atoms with Gasteiger partial charge in [-0.05, 0) is 55.0 Å². The number of aromatic nitrogens is 1. The molecular formula is C26H22FN3O4. The first-order valence-corrected chi connectivity index (χ1v) is 10.7. The average molecular weight is 459 g/mol. The topological polar surface area (TPSA) is 72.9 Å². The van der Waals surface area contributed by atoms with Crippen LogP contribution in [0.15, 0.2) is 66.9 Å². The maximum Gasteiger partial charge on any atom is 0.326 e. The Balaban J connectivity index is 1.49. The number of amides is 2. The van der Waals surface area contributed by atoms with Crippen molar-refractivity contribution in [2.24, 2.45) is 0 Å². The standard InChI is InChI=1S/C26H22FN3O4/c1-32-23-15-20-18(5-4-13-28-20)24(25(23)33-2)34-22-7-3-6-21-19(22)12-14-30(21)26(31)29-17-10-8-16(27)9-11-17/h3-11,13,15H,12,14H2,1-2H3,(H,29,31). The molecule has 0 aliphatic carbocycles. The van der Waals surface area contributed by atoms with Crippen molar-refractivity contribution in [1.29, 1.82) is 0 Å². The molecule has 3 aromatic carbocycles. The minimum atomic E-state index is -0.359. The molecule has 0 radical (unpaired) electrons. The number of nitrogens with one attached hydrogen (secondary N) is 1. The zero-order chi connectivity index (χ0) is 23.7. The van der Waals surface area contributed by atoms with Gasteiger partial charge in [-0.25, -0.2) is 9.18 Å². The highest BCUT2D eigenvalue weighted by molar-refractivity contribution is 6.03. The maximum absolute atomic E-state index is 13.2. The number of benzene rings is 3. The summed E-state index contributed by atoms with van der Waals surface area (Å²) in [5, 5.41) is 3.59. The first-order chi connectivity index (χ1) is 16.6. The number of rotatable bonds is 5. The summed E-state index contributed by atoms with van der Waals surface area (Å²) in [6.07, 6.45) is 2.32. The number of hydrogen-bond acceptors (Lipinski definition) is 5. The Labute approximate surface area is 195 Å². The SMILES string of the molecule is COc1cc2ncccc2c(Oc2cccc3c2CCN3C(=O)Nc2ccc(F)cc2)c1OC. The zero-order valence-electron chi connectivity index (χ0n) is 18.7. The van der Waals surface area contributed by atoms with Crippen LogP contribution in [-0.2, 0) is 6.42 Å². The van der Waals surface area contributed by atoms with Crippen molar-refractivity contribution in [3.8, 4) is 23.0 Å². The number of methoxy groups -OCH3 is 2. The molecule has 0 bridgehead atoms. The van der Waals surface area contributed by atoms with E-state index in [4.69, 9.17) is 14.2 Å². The van der Waals surface area contributed by atoms with Gasteiger partial charge in [-0.3, -0.25) is 9.88 Å². The molecule has 172 valence electrons. The van der Waals surface area contributed by atoms with E-state index < -0.39 is 0 Å². The predicted molar refractivity (Wildman–Crippen MR) is 128 cm³/mol. The number of carbonyl (C=O) groups excluding carboxylic acids is 1. The summed E-state index contributed by atoms with van der Waals surface area (Å²) in [6, 6.07) is 16.5. The van der Waals surface area contributed by atoms with Crippen LogP contribution in [0.3, 0.4) is 0 Å². The number of fused-ring (bicyclic) bond motifs is 2. The third kappa shape index (κ3) is 3.83. The Hall–Kier alpha value is -4.33. The quantitative estimate of drug-likeness (QED) is 0.410. The smallest absolute Gasteiger partial charge is 0.326 e. The van der Waals surface area contributed by atoms with Crippen LogP contribution in [0.5, 0.6) is 23.0 Å². The van der Waals surface area contributed by atoms with Gasteiger partial charge in [0.1, 0.15) is 11.6 Å². The Bertz CT molecular complexity index is 1370. The van der Waals surface area contributed by atoms with Gasteiger partial charge in [0.25, 0.3) is 0 Å². The van der Waals surface area contributed by atoms with Gasteiger partial charge in [-0.2, -0.15) is 0 Å². The van der Waals surface area contributed by atoms with Crippen LogP contribution in [0.25, 0.3) is 10.9 Å². The molecule has 8 heteroatoms. The van der Waals surface area contributed by atoms with Crippen LogP contribution >= 0.6 is 0 Å². The summed E-state index contributed by atoms with van der Waals surface area (Å²) >= 11 is 0. The summed E-state index contributed by atoms with van der Waals surface area (Å²) < 4.78 is 30.7. The van der Waals surface area contributed by atoms with Crippen molar-refractivity contribution >= 4 is 28.3 Å². The van der Waals surface area contributed by atoms with Crippen molar-refractivity contribution < 1.29 is 23.4 Å². The van der Waals surface area contributed by atoms with Crippen molar-refractivity contribution in [2.75, 3.05) is 31.0 Å². The molecule has 2 heterocycles. The number of hydrogen-bond donors (Lipinski definition) is 1. The van der Waals surface area contributed by atoms with E-state index in [-0.39, 0.29) is 11.8 Å². The Morgan fingerprint density at radius 1 is 1.00 bits per heavy atom. The number of pyridine rings is 1. The van der Waals surface area contributed by atoms with Gasteiger partial charge in [0.2, 0.25) is 5.75 Å². The minimum absolute atomic E-state index is 0.295. The number of anilines is 2. The molecule has 5 rings (SSSR count). The van der Waals surface area contributed by atoms with Crippen molar-refractivity contribution in [2.45, 2.75) is 6.42 Å². The van der Waals surface area contributed by atoms with Gasteiger partial charge >= 0.3 is 6.03 Å². The highest BCUT2D eigenvalue weighted by Gasteiger charge is 2.28. The lowest BCUT2D eigenvalue weighted by molar-refractivity contribution is 0.257. The fraction of sp³-hybridized carbons (Fsp3) is 0.154. The molecule has 1 aromatic heterocycles. The lowest BCUT2D eigenvalue weighted by Gasteiger charge is -2.19. The van der Waals surface area contributed by atoms with Crippen molar-refractivity contribution in [3.05, 3.63) is 78.2 Å². The van der Waals surface area contributed by atoms with Crippen LogP contribution in [0.2, 0.25) is 0 Å². The molecule has 7 nitrogen and oxygen atoms in total. The second-order valence-electron chi connectivity index (χ2n) is 7.71. The normalized spacial score (nSPS) is 12.4. The molecule has 0 saturated carbocycles. The van der Waals surface area contributed by atoms with Crippen LogP contribution < -0.4 is 24.4 Å². The molecule has 1 aliphatic heterocycles. The molecule has 1 aliphatic rings. The van der Waals surface area contributed by atoms with Crippen LogP contribution in [0.4, 0.5) is 20.6 Å². The van der Waals surface area contributed by atoms with Crippen molar-refractivity contribution in [1.82, 2.24) is 4.98 Å². The number of nitrogens with zero attached hydrogens (tertiary/aromatic N) is 2. The van der Waals surface area contributed by atoms with Gasteiger partial charge in [-0.1, -0.05) is 6.07 Å². The fourth-order valence-corrected chi connectivity index (χ4v) is 4.14. The predicted octanol–water partition coefficient (Wildman–Crippen LogP) is 5.78. The van der Waals surface area contributed by atoms with Crippen LogP contribution in [0, 0.1) is 5.82 Å². The summed E-state index contributed by atoms with van der Waals surface area (Å²) in [7, 11) is 3.12. The molecule has 0 spiro atoms. The molecular weight excluding hydrogens is 437 g/mol. The third-order valence-electron chi connectivity index (χ3n) is 5.74. The molecule has 0 atom stereocenters. The highest BCUT2D eigenvalue weighted by atomic mass is 19.1. The van der Waals surface area contributed by atoms with Gasteiger partial charge < -0.3 is 19.5 Å². The van der Waals surface area contributed by atoms with E-state index in [1.54, 1.807) is 31.4 Å². The summed E-state index contributed by atoms with van der Waals surface area (Å²) in [4.78, 5) is 19.0. The average Bonchev–Trinajstić information content (AvgIpc) is 3.30. The van der Waals surface area contributed by atoms with E-state index in [0.29, 0.717) is 47.2 Å². The van der Waals surface area contributed by atoms with Crippen LogP contribution in [-0.4, -0.2) is 31.8 Å². The van der Waals surface area contributed by atoms with E-state index in [9.17, 15) is 9.18 Å². The molecule has 34 heavy (non-hydrogen) atoms. The monoisotopic (exact) mass is 459 g/mol. The van der Waals surface area contributed by atoms with Crippen molar-refractivity contribution in [3.63, 3.8) is 0 Å². The first kappa shape index (κ1) is 21.5. The lowest BCUT2D eigenvalue weighted by atomic mass is 10.1. The molecule has 0 saturated heterocycles. The first-order valence-electron chi connectivity index (χ1n) is 10.7. The zero-order valence-corrected chi connectivity index (χ0v) is 18.7. The molecule has 4 aromatic rings. The number of ether oxygens (including phenoxy) is 3. The van der Waals surface area contributed by atoms with E-state index in [1.165, 1.54) is 24.3 Å². The van der Waals surface area contributed by atoms with E-state index in [1.807, 2.05) is 30.3 Å². The molecule has 0 fully saturated rings. The van der Waals surface area contributed by atoms with E-state index in [2.05, 4.69) is 10.3 Å². The number of urea groups is 1. The lowest BCUT2D eigenvalue weighted by Crippen LogP contribution is -2.33. The second kappa shape index (κ2) is 8.90. The summed E-state index contributed by atoms with van der Waals surface area (Å²) in [5.74, 6) is 1.72. The second-order valence-corrected chi connectivity index (χ2v) is 7.71. The fourth-order valence-electron chi connectivity index (χ4n) is 4.14. The Morgan fingerprint density at radius 3 is 2.59 bits per heavy atom. The molecule has 2 amide bonds. The minimum Gasteiger partial charge on any atom is -0.493 e. The number of carbonyl (C=O) groups is 1. The maximum atomic E-state index is 13.2. The van der Waals surface area contributed by atoms with E-state index >= 15 is 0 Å². The van der Waals surface area contributed by atoms with Crippen LogP contribution in [0.1, 0.15) is 5.56 Å². The molecule has 0 unspecified atom stereocenters. The third-order valence-corrected chi connectivity index (χ3v) is 5.74. The number of halogens is 1. The van der Waals surface area contributed by atoms with E-state index in [0.717, 1.165) is 16.6 Å².